The predicted molar refractivity (Wildman–Crippen MR) is 193 cm³/mol. The van der Waals surface area contributed by atoms with E-state index >= 15 is 0 Å². The van der Waals surface area contributed by atoms with Crippen molar-refractivity contribution in [3.05, 3.63) is 0 Å². The number of hydrogen-bond donors (Lipinski definition) is 3. The SMILES string of the molecule is CCCCCCCCCCCCOCCCN=C([O-])CC(NC(=O)CS(=O)(=O)O)C(=O)NCCCOCCCCCCCCCCCC. The van der Waals surface area contributed by atoms with Gasteiger partial charge in [-0.05, 0) is 31.6 Å². The van der Waals surface area contributed by atoms with Crippen LogP contribution in [0, 0.1) is 0 Å². The number of nitrogens with zero attached hydrogens (tertiary/aromatic N) is 1. The molecular weight excluding hydrogens is 634 g/mol. The number of carbonyl (C=O) groups excluding carboxylic acids is 2. The van der Waals surface area contributed by atoms with Crippen molar-refractivity contribution in [3.63, 3.8) is 0 Å². The Bertz CT molecular complexity index is 902. The van der Waals surface area contributed by atoms with Crippen LogP contribution in [-0.2, 0) is 29.2 Å². The summed E-state index contributed by atoms with van der Waals surface area (Å²) in [5.74, 6) is -3.50. The summed E-state index contributed by atoms with van der Waals surface area (Å²) in [5.41, 5.74) is 0. The lowest BCUT2D eigenvalue weighted by Gasteiger charge is -2.21. The molecular formula is C36H70N3O8S-. The van der Waals surface area contributed by atoms with Gasteiger partial charge in [0.1, 0.15) is 6.04 Å². The molecule has 0 bridgehead atoms. The van der Waals surface area contributed by atoms with Gasteiger partial charge in [-0.1, -0.05) is 129 Å². The van der Waals surface area contributed by atoms with Crippen LogP contribution in [0.2, 0.25) is 0 Å². The van der Waals surface area contributed by atoms with Crippen molar-refractivity contribution in [1.29, 1.82) is 0 Å². The van der Waals surface area contributed by atoms with E-state index in [0.717, 1.165) is 25.7 Å². The fourth-order valence-electron chi connectivity index (χ4n) is 5.32. The Morgan fingerprint density at radius 1 is 0.667 bits per heavy atom. The maximum Gasteiger partial charge on any atom is 0.274 e. The molecule has 0 aromatic rings. The first-order valence-corrected chi connectivity index (χ1v) is 20.7. The molecule has 0 aliphatic rings. The number of amides is 2. The van der Waals surface area contributed by atoms with Crippen LogP contribution in [-0.4, -0.2) is 82.0 Å². The molecule has 48 heavy (non-hydrogen) atoms. The minimum absolute atomic E-state index is 0.223. The molecule has 12 heteroatoms. The van der Waals surface area contributed by atoms with E-state index in [1.54, 1.807) is 0 Å². The molecule has 0 aromatic carbocycles. The molecule has 2 amide bonds. The Labute approximate surface area is 292 Å². The second-order valence-electron chi connectivity index (χ2n) is 12.9. The normalized spacial score (nSPS) is 12.7. The number of nitrogens with one attached hydrogen (secondary N) is 2. The average Bonchev–Trinajstić information content (AvgIpc) is 3.03. The van der Waals surface area contributed by atoms with Crippen LogP contribution < -0.4 is 15.7 Å². The van der Waals surface area contributed by atoms with Crippen molar-refractivity contribution < 1.29 is 37.1 Å². The number of unbranched alkanes of at least 4 members (excludes halogenated alkanes) is 18. The Hall–Kier alpha value is -1.76. The molecule has 0 aliphatic heterocycles. The van der Waals surface area contributed by atoms with Gasteiger partial charge in [-0.25, -0.2) is 0 Å². The molecule has 0 aromatic heterocycles. The summed E-state index contributed by atoms with van der Waals surface area (Å²) in [6.45, 7) is 7.24. The summed E-state index contributed by atoms with van der Waals surface area (Å²) in [6.07, 6.45) is 25.8. The highest BCUT2D eigenvalue weighted by Crippen LogP contribution is 2.11. The highest BCUT2D eigenvalue weighted by atomic mass is 32.2. The van der Waals surface area contributed by atoms with Crippen LogP contribution >= 0.6 is 0 Å². The second-order valence-corrected chi connectivity index (χ2v) is 14.4. The molecule has 1 unspecified atom stereocenters. The zero-order chi connectivity index (χ0) is 35.6. The Balaban J connectivity index is 4.19. The van der Waals surface area contributed by atoms with Gasteiger partial charge >= 0.3 is 0 Å². The van der Waals surface area contributed by atoms with Crippen molar-refractivity contribution in [2.45, 2.75) is 168 Å². The second kappa shape index (κ2) is 33.7. The predicted octanol–water partition coefficient (Wildman–Crippen LogP) is 6.28. The molecule has 0 heterocycles. The molecule has 284 valence electrons. The lowest BCUT2D eigenvalue weighted by atomic mass is 10.1. The van der Waals surface area contributed by atoms with Crippen molar-refractivity contribution in [1.82, 2.24) is 10.6 Å². The van der Waals surface area contributed by atoms with Crippen LogP contribution in [0.1, 0.15) is 162 Å². The minimum Gasteiger partial charge on any atom is -0.862 e. The van der Waals surface area contributed by atoms with Crippen LogP contribution in [0.5, 0.6) is 0 Å². The number of carbonyl (C=O) groups is 2. The van der Waals surface area contributed by atoms with E-state index in [-0.39, 0.29) is 13.1 Å². The Kier molecular flexibility index (Phi) is 32.5. The molecule has 0 fully saturated rings. The highest BCUT2D eigenvalue weighted by molar-refractivity contribution is 7.86. The van der Waals surface area contributed by atoms with Crippen LogP contribution in [0.4, 0.5) is 0 Å². The van der Waals surface area contributed by atoms with E-state index in [1.165, 1.54) is 103 Å². The van der Waals surface area contributed by atoms with Crippen molar-refractivity contribution in [2.24, 2.45) is 4.99 Å². The average molecular weight is 705 g/mol. The van der Waals surface area contributed by atoms with E-state index < -0.39 is 46.0 Å². The van der Waals surface area contributed by atoms with E-state index in [4.69, 9.17) is 14.0 Å². The van der Waals surface area contributed by atoms with Crippen LogP contribution in [0.25, 0.3) is 0 Å². The lowest BCUT2D eigenvalue weighted by Crippen LogP contribution is -2.50. The van der Waals surface area contributed by atoms with Gasteiger partial charge in [0.2, 0.25) is 11.8 Å². The third kappa shape index (κ3) is 34.1. The van der Waals surface area contributed by atoms with Gasteiger partial charge in [0, 0.05) is 45.9 Å². The standard InChI is InChI=1S/C36H71N3O8S/c1-3-5-7-9-11-13-15-17-19-21-27-46-29-23-25-37-34(40)31-33(39-35(41)32-48(43,44)45)36(42)38-26-24-30-47-28-22-20-18-16-14-12-10-8-6-4-2/h33H,3-32H2,1-2H3,(H,37,40)(H,38,42)(H,39,41)(H,43,44,45)/p-1. The molecule has 0 radical (unpaired) electrons. The first-order chi connectivity index (χ1) is 23.2. The summed E-state index contributed by atoms with van der Waals surface area (Å²) in [7, 11) is -4.59. The van der Waals surface area contributed by atoms with E-state index in [2.05, 4.69) is 29.5 Å². The number of rotatable bonds is 36. The molecule has 3 N–H and O–H groups in total. The summed E-state index contributed by atoms with van der Waals surface area (Å²) < 4.78 is 42.5. The third-order valence-electron chi connectivity index (χ3n) is 8.13. The smallest absolute Gasteiger partial charge is 0.274 e. The van der Waals surface area contributed by atoms with E-state index in [1.807, 2.05) is 0 Å². The Morgan fingerprint density at radius 3 is 1.54 bits per heavy atom. The largest absolute Gasteiger partial charge is 0.862 e. The monoisotopic (exact) mass is 704 g/mol. The first kappa shape index (κ1) is 46.2. The maximum absolute atomic E-state index is 12.7. The number of ether oxygens (including phenoxy) is 2. The topological polar surface area (TPSA) is 166 Å². The molecule has 0 rings (SSSR count). The van der Waals surface area contributed by atoms with Crippen molar-refractivity contribution in [3.8, 4) is 0 Å². The summed E-state index contributed by atoms with van der Waals surface area (Å²) in [6, 6.07) is -1.31. The van der Waals surface area contributed by atoms with Crippen LogP contribution in [0.3, 0.4) is 0 Å². The molecule has 1 atom stereocenters. The van der Waals surface area contributed by atoms with Gasteiger partial charge in [0.15, 0.2) is 5.75 Å². The molecule has 0 aliphatic carbocycles. The van der Waals surface area contributed by atoms with E-state index in [9.17, 15) is 23.1 Å². The quantitative estimate of drug-likeness (QED) is 0.0297. The Morgan fingerprint density at radius 2 is 1.08 bits per heavy atom. The summed E-state index contributed by atoms with van der Waals surface area (Å²) >= 11 is 0. The fourth-order valence-corrected chi connectivity index (χ4v) is 5.73. The first-order valence-electron chi connectivity index (χ1n) is 19.1. The zero-order valence-electron chi connectivity index (χ0n) is 30.5. The molecule has 0 saturated carbocycles. The van der Waals surface area contributed by atoms with Crippen molar-refractivity contribution >= 4 is 27.8 Å². The fraction of sp³-hybridized carbons (Fsp3) is 0.917. The minimum atomic E-state index is -4.59. The third-order valence-corrected chi connectivity index (χ3v) is 8.76. The van der Waals surface area contributed by atoms with E-state index in [0.29, 0.717) is 39.3 Å². The molecule has 0 spiro atoms. The summed E-state index contributed by atoms with van der Waals surface area (Å²) in [5, 5.41) is 17.3. The van der Waals surface area contributed by atoms with Gasteiger partial charge < -0.3 is 30.2 Å². The van der Waals surface area contributed by atoms with Crippen LogP contribution in [0.15, 0.2) is 4.99 Å². The highest BCUT2D eigenvalue weighted by Gasteiger charge is 2.23. The van der Waals surface area contributed by atoms with Gasteiger partial charge in [-0.15, -0.1) is 0 Å². The van der Waals surface area contributed by atoms with Gasteiger partial charge in [-0.3, -0.25) is 14.1 Å². The van der Waals surface area contributed by atoms with Gasteiger partial charge in [0.25, 0.3) is 10.1 Å². The number of aliphatic imine (C=N–C) groups is 1. The maximum atomic E-state index is 12.7. The molecule has 0 saturated heterocycles. The van der Waals surface area contributed by atoms with Gasteiger partial charge in [-0.2, -0.15) is 8.42 Å². The van der Waals surface area contributed by atoms with Gasteiger partial charge in [0.05, 0.1) is 0 Å². The van der Waals surface area contributed by atoms with Crippen molar-refractivity contribution in [2.75, 3.05) is 45.3 Å². The molecule has 11 nitrogen and oxygen atoms in total. The number of hydrogen-bond acceptors (Lipinski definition) is 8. The lowest BCUT2D eigenvalue weighted by molar-refractivity contribution is -0.219. The summed E-state index contributed by atoms with van der Waals surface area (Å²) in [4.78, 5) is 28.8. The zero-order valence-corrected chi connectivity index (χ0v) is 31.3.